The molecule has 0 bridgehead atoms. The molecule has 0 aliphatic carbocycles. The van der Waals surface area contributed by atoms with Gasteiger partial charge in [0.25, 0.3) is 0 Å². The van der Waals surface area contributed by atoms with Crippen molar-refractivity contribution in [3.63, 3.8) is 0 Å². The number of ether oxygens (including phenoxy) is 4. The van der Waals surface area contributed by atoms with Gasteiger partial charge in [0.05, 0.1) is 26.4 Å². The first-order valence-electron chi connectivity index (χ1n) is 38.7. The molecule has 17 nitrogen and oxygen atoms in total. The average molecular weight is 1380 g/mol. The van der Waals surface area contributed by atoms with Crippen molar-refractivity contribution in [2.45, 2.75) is 395 Å². The van der Waals surface area contributed by atoms with E-state index in [-0.39, 0.29) is 25.7 Å². The third-order valence-corrected chi connectivity index (χ3v) is 19.2. The highest BCUT2D eigenvalue weighted by molar-refractivity contribution is 7.47. The molecule has 0 rings (SSSR count). The molecule has 0 saturated heterocycles. The lowest BCUT2D eigenvalue weighted by Crippen LogP contribution is -2.30. The van der Waals surface area contributed by atoms with E-state index in [2.05, 4.69) is 55.4 Å². The molecular formula is C75H146O17P2. The average Bonchev–Trinajstić information content (AvgIpc) is 1.24. The van der Waals surface area contributed by atoms with Crippen LogP contribution in [0.1, 0.15) is 376 Å². The van der Waals surface area contributed by atoms with Crippen LogP contribution in [0.2, 0.25) is 0 Å². The summed E-state index contributed by atoms with van der Waals surface area (Å²) in [4.78, 5) is 72.7. The van der Waals surface area contributed by atoms with Gasteiger partial charge in [0, 0.05) is 25.7 Å². The Morgan fingerprint density at radius 1 is 0.266 bits per heavy atom. The highest BCUT2D eigenvalue weighted by atomic mass is 31.2. The number of rotatable bonds is 72. The van der Waals surface area contributed by atoms with Gasteiger partial charge in [-0.05, 0) is 49.4 Å². The number of phosphoric ester groups is 2. The molecule has 0 aromatic carbocycles. The van der Waals surface area contributed by atoms with E-state index in [1.807, 2.05) is 0 Å². The number of phosphoric acid groups is 2. The minimum absolute atomic E-state index is 0.104. The summed E-state index contributed by atoms with van der Waals surface area (Å²) in [7, 11) is -9.91. The molecule has 3 unspecified atom stereocenters. The minimum Gasteiger partial charge on any atom is -0.462 e. The van der Waals surface area contributed by atoms with E-state index in [4.69, 9.17) is 37.0 Å². The van der Waals surface area contributed by atoms with Gasteiger partial charge < -0.3 is 33.8 Å². The molecule has 0 fully saturated rings. The van der Waals surface area contributed by atoms with E-state index in [1.165, 1.54) is 180 Å². The maximum Gasteiger partial charge on any atom is 0.472 e. The molecule has 0 aromatic rings. The van der Waals surface area contributed by atoms with Crippen LogP contribution >= 0.6 is 15.6 Å². The van der Waals surface area contributed by atoms with Crippen LogP contribution in [-0.4, -0.2) is 96.7 Å². The summed E-state index contributed by atoms with van der Waals surface area (Å²) in [5.74, 6) is 0.885. The monoisotopic (exact) mass is 1380 g/mol. The van der Waals surface area contributed by atoms with Gasteiger partial charge in [-0.15, -0.1) is 0 Å². The van der Waals surface area contributed by atoms with E-state index in [9.17, 15) is 43.2 Å². The summed E-state index contributed by atoms with van der Waals surface area (Å²) in [6, 6.07) is 0. The fourth-order valence-electron chi connectivity index (χ4n) is 11.4. The smallest absolute Gasteiger partial charge is 0.462 e. The Kier molecular flexibility index (Phi) is 63.1. The minimum atomic E-state index is -4.96. The van der Waals surface area contributed by atoms with E-state index in [0.29, 0.717) is 25.7 Å². The molecule has 19 heteroatoms. The van der Waals surface area contributed by atoms with Crippen LogP contribution in [0.15, 0.2) is 0 Å². The number of hydrogen-bond donors (Lipinski definition) is 3. The van der Waals surface area contributed by atoms with E-state index in [1.54, 1.807) is 0 Å². The second kappa shape index (κ2) is 64.4. The Morgan fingerprint density at radius 3 is 0.660 bits per heavy atom. The lowest BCUT2D eigenvalue weighted by molar-refractivity contribution is -0.161. The zero-order chi connectivity index (χ0) is 69.6. The molecule has 0 spiro atoms. The predicted molar refractivity (Wildman–Crippen MR) is 381 cm³/mol. The van der Waals surface area contributed by atoms with Crippen LogP contribution in [0.4, 0.5) is 0 Å². The van der Waals surface area contributed by atoms with Crippen molar-refractivity contribution < 1.29 is 80.2 Å². The highest BCUT2D eigenvalue weighted by Crippen LogP contribution is 2.45. The summed E-state index contributed by atoms with van der Waals surface area (Å²) >= 11 is 0. The van der Waals surface area contributed by atoms with Gasteiger partial charge >= 0.3 is 39.5 Å². The molecular weight excluding hydrogens is 1230 g/mol. The predicted octanol–water partition coefficient (Wildman–Crippen LogP) is 21.7. The van der Waals surface area contributed by atoms with Crippen LogP contribution in [0.5, 0.6) is 0 Å². The molecule has 0 heterocycles. The van der Waals surface area contributed by atoms with Gasteiger partial charge in [0.15, 0.2) is 12.2 Å². The first-order chi connectivity index (χ1) is 45.1. The van der Waals surface area contributed by atoms with Gasteiger partial charge in [-0.25, -0.2) is 9.13 Å². The Hall–Kier alpha value is -1.94. The Morgan fingerprint density at radius 2 is 0.447 bits per heavy atom. The summed E-state index contributed by atoms with van der Waals surface area (Å²) in [5.41, 5.74) is 0. The zero-order valence-corrected chi connectivity index (χ0v) is 63.4. The molecule has 0 aliphatic rings. The molecule has 0 radical (unpaired) electrons. The lowest BCUT2D eigenvalue weighted by atomic mass is 10.0. The van der Waals surface area contributed by atoms with Gasteiger partial charge in [0.2, 0.25) is 0 Å². The van der Waals surface area contributed by atoms with Crippen LogP contribution in [0.3, 0.4) is 0 Å². The van der Waals surface area contributed by atoms with Crippen molar-refractivity contribution in [2.75, 3.05) is 39.6 Å². The van der Waals surface area contributed by atoms with Gasteiger partial charge in [-0.2, -0.15) is 0 Å². The van der Waals surface area contributed by atoms with E-state index in [0.717, 1.165) is 114 Å². The van der Waals surface area contributed by atoms with Crippen LogP contribution in [-0.2, 0) is 65.4 Å². The molecule has 558 valence electrons. The first kappa shape index (κ1) is 92.1. The number of hydrogen-bond acceptors (Lipinski definition) is 15. The Bertz CT molecular complexity index is 1850. The second-order valence-electron chi connectivity index (χ2n) is 28.9. The Labute approximate surface area is 575 Å². The maximum atomic E-state index is 13.1. The molecule has 3 N–H and O–H groups in total. The van der Waals surface area contributed by atoms with Crippen LogP contribution in [0.25, 0.3) is 0 Å². The summed E-state index contributed by atoms with van der Waals surface area (Å²) in [6.45, 7) is 14.1. The number of aliphatic hydroxyl groups is 1. The maximum absolute atomic E-state index is 13.1. The third-order valence-electron chi connectivity index (χ3n) is 17.3. The quantitative estimate of drug-likeness (QED) is 0.0222. The number of carbonyl (C=O) groups is 4. The van der Waals surface area contributed by atoms with E-state index >= 15 is 0 Å². The van der Waals surface area contributed by atoms with Crippen molar-refractivity contribution in [3.8, 4) is 0 Å². The third kappa shape index (κ3) is 68.6. The number of esters is 4. The topological polar surface area (TPSA) is 237 Å². The number of aliphatic hydroxyl groups excluding tert-OH is 1. The van der Waals surface area contributed by atoms with Crippen molar-refractivity contribution in [1.82, 2.24) is 0 Å². The molecule has 5 atom stereocenters. The highest BCUT2D eigenvalue weighted by Gasteiger charge is 2.30. The molecule has 0 amide bonds. The van der Waals surface area contributed by atoms with Crippen molar-refractivity contribution >= 4 is 39.5 Å². The number of carbonyl (C=O) groups excluding carboxylic acids is 4. The normalized spacial score (nSPS) is 14.2. The van der Waals surface area contributed by atoms with E-state index < -0.39 is 97.5 Å². The standard InChI is InChI=1S/C75H146O17P2/c1-65(2)51-43-35-27-19-15-13-11-9-10-12-14-16-21-31-39-47-55-72(77)85-61-71(92-75(80)58-50-42-34-26-24-30-38-46-54-68(7)8)64-90-94(83,84)88-60-69(76)59-87-93(81,82)89-63-70(62-86-73(78)56-48-40-32-25-23-29-37-45-53-67(5)6)91-74(79)57-49-41-33-22-18-17-20-28-36-44-52-66(3)4/h65-71,76H,9-64H2,1-8H3,(H,81,82)(H,83,84)/t69?,70-,71-/m1/s1. The second-order valence-corrected chi connectivity index (χ2v) is 31.9. The Balaban J connectivity index is 5.20. The summed E-state index contributed by atoms with van der Waals surface area (Å²) in [6.07, 6.45) is 48.7. The molecule has 0 aliphatic heterocycles. The first-order valence-corrected chi connectivity index (χ1v) is 41.7. The fraction of sp³-hybridized carbons (Fsp3) is 0.947. The van der Waals surface area contributed by atoms with Crippen molar-refractivity contribution in [3.05, 3.63) is 0 Å². The van der Waals surface area contributed by atoms with Crippen LogP contribution in [0, 0.1) is 23.7 Å². The molecule has 0 saturated carbocycles. The fourth-order valence-corrected chi connectivity index (χ4v) is 13.0. The van der Waals surface area contributed by atoms with Crippen LogP contribution < -0.4 is 0 Å². The summed E-state index contributed by atoms with van der Waals surface area (Å²) < 4.78 is 68.4. The summed E-state index contributed by atoms with van der Waals surface area (Å²) in [5, 5.41) is 10.6. The lowest BCUT2D eigenvalue weighted by Gasteiger charge is -2.21. The zero-order valence-electron chi connectivity index (χ0n) is 61.6. The molecule has 94 heavy (non-hydrogen) atoms. The van der Waals surface area contributed by atoms with Crippen molar-refractivity contribution in [2.24, 2.45) is 23.7 Å². The van der Waals surface area contributed by atoms with Crippen molar-refractivity contribution in [1.29, 1.82) is 0 Å². The van der Waals surface area contributed by atoms with Gasteiger partial charge in [0.1, 0.15) is 19.3 Å². The van der Waals surface area contributed by atoms with Gasteiger partial charge in [-0.3, -0.25) is 37.3 Å². The SMILES string of the molecule is CC(C)CCCCCCCCCCCCCCCCCCC(=O)OC[C@H](COP(=O)(O)OCC(O)COP(=O)(O)OC[C@@H](COC(=O)CCCCCCCCCCC(C)C)OC(=O)CCCCCCCCCCCCC(C)C)OC(=O)CCCCCCCCCCC(C)C. The largest absolute Gasteiger partial charge is 0.472 e. The number of unbranched alkanes of at least 4 members (excludes halogenated alkanes) is 38. The van der Waals surface area contributed by atoms with Gasteiger partial charge in [-0.1, -0.05) is 325 Å². The molecule has 0 aromatic heterocycles.